The van der Waals surface area contributed by atoms with Crippen molar-refractivity contribution in [2.24, 2.45) is 0 Å². The van der Waals surface area contributed by atoms with E-state index in [2.05, 4.69) is 63.6 Å². The van der Waals surface area contributed by atoms with E-state index in [1.807, 2.05) is 24.3 Å². The maximum Gasteiger partial charge on any atom is 0.307 e. The minimum Gasteiger partial charge on any atom is -0.491 e. The minimum atomic E-state index is -0.825. The summed E-state index contributed by atoms with van der Waals surface area (Å²) in [7, 11) is 2.27. The predicted octanol–water partition coefficient (Wildman–Crippen LogP) is 5.71. The summed E-state index contributed by atoms with van der Waals surface area (Å²) >= 11 is 0. The molecule has 1 N–H and O–H groups in total. The van der Waals surface area contributed by atoms with Crippen LogP contribution < -0.4 is 4.74 Å². The highest BCUT2D eigenvalue weighted by molar-refractivity contribution is 5.70. The number of benzene rings is 2. The van der Waals surface area contributed by atoms with E-state index in [4.69, 9.17) is 9.84 Å². The van der Waals surface area contributed by atoms with Crippen molar-refractivity contribution in [2.45, 2.75) is 83.4 Å². The Morgan fingerprint density at radius 2 is 1.79 bits per heavy atom. The second-order valence-electron chi connectivity index (χ2n) is 10.5. The third-order valence-corrected chi connectivity index (χ3v) is 6.88. The molecule has 4 heteroatoms. The van der Waals surface area contributed by atoms with Crippen LogP contribution in [0.3, 0.4) is 0 Å². The lowest BCUT2D eigenvalue weighted by Gasteiger charge is -2.42. The molecule has 2 aromatic carbocycles. The SMILES string of the molecule is CC(C)Oc1cc(C#Cc2ccc(CC(=O)O)cc2)cc2c1C(N(C)C1CC1)CCC2(C)C. The second-order valence-corrected chi connectivity index (χ2v) is 10.5. The van der Waals surface area contributed by atoms with Crippen molar-refractivity contribution in [3.05, 3.63) is 64.2 Å². The summed E-state index contributed by atoms with van der Waals surface area (Å²) in [5, 5.41) is 8.96. The van der Waals surface area contributed by atoms with Gasteiger partial charge in [0.15, 0.2) is 0 Å². The van der Waals surface area contributed by atoms with Gasteiger partial charge in [-0.3, -0.25) is 9.69 Å². The van der Waals surface area contributed by atoms with Gasteiger partial charge in [0.05, 0.1) is 12.5 Å². The molecule has 0 aliphatic heterocycles. The van der Waals surface area contributed by atoms with Gasteiger partial charge in [-0.05, 0) is 87.4 Å². The quantitative estimate of drug-likeness (QED) is 0.579. The van der Waals surface area contributed by atoms with Gasteiger partial charge in [0.25, 0.3) is 0 Å². The fourth-order valence-corrected chi connectivity index (χ4v) is 4.90. The van der Waals surface area contributed by atoms with Gasteiger partial charge in [-0.15, -0.1) is 0 Å². The maximum absolute atomic E-state index is 10.9. The molecule has 1 saturated carbocycles. The summed E-state index contributed by atoms with van der Waals surface area (Å²) in [6.07, 6.45) is 5.00. The molecule has 1 unspecified atom stereocenters. The number of nitrogens with zero attached hydrogens (tertiary/aromatic N) is 1. The molecule has 0 spiro atoms. The van der Waals surface area contributed by atoms with Crippen LogP contribution in [0.5, 0.6) is 5.75 Å². The van der Waals surface area contributed by atoms with Crippen molar-refractivity contribution in [3.63, 3.8) is 0 Å². The van der Waals surface area contributed by atoms with E-state index in [1.165, 1.54) is 24.0 Å². The number of carbonyl (C=O) groups is 1. The molecule has 2 aliphatic carbocycles. The first-order valence-corrected chi connectivity index (χ1v) is 12.0. The largest absolute Gasteiger partial charge is 0.491 e. The van der Waals surface area contributed by atoms with E-state index in [1.54, 1.807) is 0 Å². The van der Waals surface area contributed by atoms with Crippen LogP contribution in [0, 0.1) is 11.8 Å². The zero-order chi connectivity index (χ0) is 23.8. The lowest BCUT2D eigenvalue weighted by molar-refractivity contribution is -0.136. The Morgan fingerprint density at radius 1 is 1.12 bits per heavy atom. The number of carboxylic acid groups (broad SMARTS) is 1. The number of rotatable bonds is 6. The topological polar surface area (TPSA) is 49.8 Å². The Hall–Kier alpha value is -2.77. The highest BCUT2D eigenvalue weighted by atomic mass is 16.5. The molecule has 4 rings (SSSR count). The van der Waals surface area contributed by atoms with Gasteiger partial charge in [0.1, 0.15) is 5.75 Å². The Bertz CT molecular complexity index is 1080. The fraction of sp³-hybridized carbons (Fsp3) is 0.483. The second kappa shape index (κ2) is 9.23. The van der Waals surface area contributed by atoms with Crippen molar-refractivity contribution in [3.8, 4) is 17.6 Å². The van der Waals surface area contributed by atoms with Crippen LogP contribution in [0.1, 0.15) is 87.2 Å². The van der Waals surface area contributed by atoms with Crippen LogP contribution in [0.4, 0.5) is 0 Å². The number of hydrogen-bond acceptors (Lipinski definition) is 3. The van der Waals surface area contributed by atoms with Crippen LogP contribution in [0.2, 0.25) is 0 Å². The Labute approximate surface area is 198 Å². The van der Waals surface area contributed by atoms with E-state index >= 15 is 0 Å². The number of fused-ring (bicyclic) bond motifs is 1. The van der Waals surface area contributed by atoms with Gasteiger partial charge in [-0.2, -0.15) is 0 Å². The summed E-state index contributed by atoms with van der Waals surface area (Å²) in [6, 6.07) is 12.9. The van der Waals surface area contributed by atoms with Crippen molar-refractivity contribution in [1.29, 1.82) is 0 Å². The average molecular weight is 446 g/mol. The molecule has 0 radical (unpaired) electrons. The van der Waals surface area contributed by atoms with Crippen molar-refractivity contribution < 1.29 is 14.6 Å². The van der Waals surface area contributed by atoms with Gasteiger partial charge >= 0.3 is 5.97 Å². The van der Waals surface area contributed by atoms with Crippen molar-refractivity contribution in [2.75, 3.05) is 7.05 Å². The molecule has 0 heterocycles. The molecular formula is C29H35NO3. The van der Waals surface area contributed by atoms with E-state index in [0.717, 1.165) is 35.3 Å². The third kappa shape index (κ3) is 5.42. The molecule has 0 saturated heterocycles. The third-order valence-electron chi connectivity index (χ3n) is 6.88. The van der Waals surface area contributed by atoms with Crippen LogP contribution in [0.15, 0.2) is 36.4 Å². The van der Waals surface area contributed by atoms with Gasteiger partial charge in [0, 0.05) is 28.8 Å². The first-order chi connectivity index (χ1) is 15.6. The molecule has 1 fully saturated rings. The van der Waals surface area contributed by atoms with E-state index in [-0.39, 0.29) is 17.9 Å². The van der Waals surface area contributed by atoms with E-state index in [9.17, 15) is 4.79 Å². The first-order valence-electron chi connectivity index (χ1n) is 12.0. The molecule has 0 amide bonds. The predicted molar refractivity (Wildman–Crippen MR) is 132 cm³/mol. The molecular weight excluding hydrogens is 410 g/mol. The van der Waals surface area contributed by atoms with Gasteiger partial charge in [-0.25, -0.2) is 0 Å². The summed E-state index contributed by atoms with van der Waals surface area (Å²) in [4.78, 5) is 13.5. The molecule has 2 aromatic rings. The van der Waals surface area contributed by atoms with Crippen molar-refractivity contribution in [1.82, 2.24) is 4.90 Å². The standard InChI is InChI=1S/C29H35NO3/c1-19(2)33-26-17-22(11-8-20-6-9-21(10-7-20)18-27(31)32)16-24-28(26)25(14-15-29(24,3)4)30(5)23-12-13-23/h6-7,9-10,16-17,19,23,25H,12-15,18H2,1-5H3,(H,31,32). The summed E-state index contributed by atoms with van der Waals surface area (Å²) in [5.74, 6) is 6.74. The minimum absolute atomic E-state index is 0.0278. The summed E-state index contributed by atoms with van der Waals surface area (Å²) < 4.78 is 6.38. The smallest absolute Gasteiger partial charge is 0.307 e. The highest BCUT2D eigenvalue weighted by Crippen LogP contribution is 2.50. The number of aliphatic carboxylic acids is 1. The molecule has 0 bridgehead atoms. The zero-order valence-electron chi connectivity index (χ0n) is 20.4. The molecule has 174 valence electrons. The van der Waals surface area contributed by atoms with Gasteiger partial charge in [-0.1, -0.05) is 37.8 Å². The van der Waals surface area contributed by atoms with E-state index in [0.29, 0.717) is 12.1 Å². The summed E-state index contributed by atoms with van der Waals surface area (Å²) in [6.45, 7) is 8.82. The Morgan fingerprint density at radius 3 is 2.39 bits per heavy atom. The molecule has 4 nitrogen and oxygen atoms in total. The van der Waals surface area contributed by atoms with Crippen LogP contribution in [-0.4, -0.2) is 35.2 Å². The van der Waals surface area contributed by atoms with Gasteiger partial charge in [0.2, 0.25) is 0 Å². The fourth-order valence-electron chi connectivity index (χ4n) is 4.90. The normalized spacial score (nSPS) is 19.1. The molecule has 2 aliphatic rings. The number of ether oxygens (including phenoxy) is 1. The average Bonchev–Trinajstić information content (AvgIpc) is 3.58. The molecule has 1 atom stereocenters. The van der Waals surface area contributed by atoms with E-state index < -0.39 is 5.97 Å². The zero-order valence-corrected chi connectivity index (χ0v) is 20.4. The van der Waals surface area contributed by atoms with Crippen molar-refractivity contribution >= 4 is 5.97 Å². The Balaban J connectivity index is 1.72. The lowest BCUT2D eigenvalue weighted by Crippen LogP contribution is -2.35. The summed E-state index contributed by atoms with van der Waals surface area (Å²) in [5.41, 5.74) is 5.38. The Kier molecular flexibility index (Phi) is 6.54. The molecule has 33 heavy (non-hydrogen) atoms. The number of carboxylic acids is 1. The van der Waals surface area contributed by atoms with Crippen LogP contribution in [-0.2, 0) is 16.6 Å². The highest BCUT2D eigenvalue weighted by Gasteiger charge is 2.40. The number of hydrogen-bond donors (Lipinski definition) is 1. The maximum atomic E-state index is 10.9. The lowest BCUT2D eigenvalue weighted by atomic mass is 9.70. The molecule has 0 aromatic heterocycles. The first kappa shape index (κ1) is 23.4. The van der Waals surface area contributed by atoms with Crippen LogP contribution >= 0.6 is 0 Å². The monoisotopic (exact) mass is 445 g/mol. The van der Waals surface area contributed by atoms with Gasteiger partial charge < -0.3 is 9.84 Å². The van der Waals surface area contributed by atoms with Crippen LogP contribution in [0.25, 0.3) is 0 Å².